The molecule has 0 atom stereocenters. The van der Waals surface area contributed by atoms with Crippen molar-refractivity contribution in [1.29, 1.82) is 0 Å². The summed E-state index contributed by atoms with van der Waals surface area (Å²) in [7, 11) is 1.57. The van der Waals surface area contributed by atoms with Crippen LogP contribution in [0, 0.1) is 0 Å². The van der Waals surface area contributed by atoms with Gasteiger partial charge in [-0.3, -0.25) is 9.59 Å². The lowest BCUT2D eigenvalue weighted by atomic mass is 10.1. The fraction of sp³-hybridized carbons (Fsp3) is 0.143. The summed E-state index contributed by atoms with van der Waals surface area (Å²) in [5.41, 5.74) is 1.04. The Morgan fingerprint density at radius 3 is 2.61 bits per heavy atom. The minimum Gasteiger partial charge on any atom is -0.493 e. The van der Waals surface area contributed by atoms with E-state index in [1.165, 1.54) is 17.4 Å². The van der Waals surface area contributed by atoms with Crippen molar-refractivity contribution in [3.05, 3.63) is 78.2 Å². The van der Waals surface area contributed by atoms with Gasteiger partial charge in [0.15, 0.2) is 17.3 Å². The van der Waals surface area contributed by atoms with Crippen LogP contribution >= 0.6 is 22.9 Å². The molecule has 3 aromatic rings. The number of nitrogens with one attached hydrogen (secondary N) is 1. The molecule has 0 aliphatic carbocycles. The Kier molecular flexibility index (Phi) is 6.34. The standard InChI is InChI=1S/C21H18ClNO4S/c1-3-27-18-10-13(4-9-17(18)26-2)11-19-21(25)23-20(28-19)12-16(24)14-5-7-15(22)8-6-14/h4-12H,3H2,1-2H3,(H,23,25)/b19-11+,20-12-. The molecule has 0 aliphatic rings. The molecule has 0 unspecified atom stereocenters. The first-order valence-electron chi connectivity index (χ1n) is 8.53. The number of aromatic nitrogens is 1. The monoisotopic (exact) mass is 415 g/mol. The summed E-state index contributed by atoms with van der Waals surface area (Å²) >= 11 is 7.05. The number of hydrogen-bond acceptors (Lipinski definition) is 5. The highest BCUT2D eigenvalue weighted by molar-refractivity contribution is 7.07. The molecule has 0 saturated carbocycles. The first kappa shape index (κ1) is 19.9. The number of halogens is 1. The van der Waals surface area contributed by atoms with Gasteiger partial charge in [0.1, 0.15) is 0 Å². The molecule has 1 N–H and O–H groups in total. The summed E-state index contributed by atoms with van der Waals surface area (Å²) in [6, 6.07) is 12.0. The van der Waals surface area contributed by atoms with E-state index in [4.69, 9.17) is 21.1 Å². The molecule has 0 aliphatic heterocycles. The zero-order valence-electron chi connectivity index (χ0n) is 15.3. The summed E-state index contributed by atoms with van der Waals surface area (Å²) in [5.74, 6) is 1.03. The van der Waals surface area contributed by atoms with Crippen LogP contribution in [0.4, 0.5) is 0 Å². The molecule has 0 bridgehead atoms. The van der Waals surface area contributed by atoms with E-state index in [1.54, 1.807) is 43.5 Å². The first-order chi connectivity index (χ1) is 13.5. The Morgan fingerprint density at radius 2 is 1.93 bits per heavy atom. The minimum absolute atomic E-state index is 0.205. The third kappa shape index (κ3) is 4.71. The van der Waals surface area contributed by atoms with E-state index in [-0.39, 0.29) is 11.3 Å². The van der Waals surface area contributed by atoms with Crippen LogP contribution in [0.1, 0.15) is 22.8 Å². The fourth-order valence-corrected chi connectivity index (χ4v) is 3.56. The van der Waals surface area contributed by atoms with Crippen molar-refractivity contribution in [3.63, 3.8) is 0 Å². The summed E-state index contributed by atoms with van der Waals surface area (Å²) in [5, 5.41) is 0.559. The Bertz CT molecular complexity index is 1160. The van der Waals surface area contributed by atoms with Crippen molar-refractivity contribution in [3.8, 4) is 11.5 Å². The summed E-state index contributed by atoms with van der Waals surface area (Å²) < 4.78 is 11.8. The number of hydrogen-bond donors (Lipinski definition) is 1. The van der Waals surface area contributed by atoms with Crippen molar-refractivity contribution >= 4 is 40.9 Å². The number of ether oxygens (including phenoxy) is 2. The highest BCUT2D eigenvalue weighted by atomic mass is 35.5. The normalized spacial score (nSPS) is 12.2. The zero-order valence-corrected chi connectivity index (χ0v) is 16.9. The number of H-pyrrole nitrogens is 1. The molecule has 3 rings (SSSR count). The molecular formula is C21H18ClNO4S. The van der Waals surface area contributed by atoms with Gasteiger partial charge in [0, 0.05) is 16.7 Å². The fourth-order valence-electron chi connectivity index (χ4n) is 2.54. The van der Waals surface area contributed by atoms with Crippen molar-refractivity contribution in [1.82, 2.24) is 4.98 Å². The van der Waals surface area contributed by atoms with Gasteiger partial charge in [0.2, 0.25) is 0 Å². The van der Waals surface area contributed by atoms with Gasteiger partial charge in [-0.05, 0) is 55.0 Å². The Morgan fingerprint density at radius 1 is 1.18 bits per heavy atom. The van der Waals surface area contributed by atoms with Crippen molar-refractivity contribution in [2.45, 2.75) is 6.92 Å². The summed E-state index contributed by atoms with van der Waals surface area (Å²) in [4.78, 5) is 27.3. The average Bonchev–Trinajstić information content (AvgIpc) is 3.01. The van der Waals surface area contributed by atoms with Crippen LogP contribution in [0.2, 0.25) is 5.02 Å². The van der Waals surface area contributed by atoms with Crippen molar-refractivity contribution in [2.24, 2.45) is 0 Å². The lowest BCUT2D eigenvalue weighted by Gasteiger charge is -2.09. The van der Waals surface area contributed by atoms with Crippen LogP contribution in [0.3, 0.4) is 0 Å². The summed E-state index contributed by atoms with van der Waals surface area (Å²) in [6.07, 6.45) is 3.15. The zero-order chi connectivity index (χ0) is 20.1. The van der Waals surface area contributed by atoms with Crippen LogP contribution in [0.15, 0.2) is 47.3 Å². The van der Waals surface area contributed by atoms with Gasteiger partial charge in [0.25, 0.3) is 5.56 Å². The Labute approximate surface area is 170 Å². The van der Waals surface area contributed by atoms with Crippen LogP contribution < -0.4 is 24.2 Å². The highest BCUT2D eigenvalue weighted by Gasteiger charge is 2.06. The van der Waals surface area contributed by atoms with Crippen LogP contribution in [-0.4, -0.2) is 24.5 Å². The third-order valence-electron chi connectivity index (χ3n) is 3.86. The molecule has 2 aromatic carbocycles. The van der Waals surface area contributed by atoms with Gasteiger partial charge < -0.3 is 14.5 Å². The molecule has 0 spiro atoms. The van der Waals surface area contributed by atoms with E-state index in [9.17, 15) is 9.59 Å². The second kappa shape index (κ2) is 8.91. The lowest BCUT2D eigenvalue weighted by Crippen LogP contribution is -2.20. The average molecular weight is 416 g/mol. The van der Waals surface area contributed by atoms with Gasteiger partial charge in [-0.25, -0.2) is 0 Å². The lowest BCUT2D eigenvalue weighted by molar-refractivity contribution is 0.106. The third-order valence-corrected chi connectivity index (χ3v) is 5.07. The number of aromatic amines is 1. The van der Waals surface area contributed by atoms with E-state index in [1.807, 2.05) is 19.1 Å². The molecule has 0 amide bonds. The predicted molar refractivity (Wildman–Crippen MR) is 112 cm³/mol. The van der Waals surface area contributed by atoms with Gasteiger partial charge in [0.05, 0.1) is 22.9 Å². The van der Waals surface area contributed by atoms with Crippen LogP contribution in [0.5, 0.6) is 11.5 Å². The predicted octanol–water partition coefficient (Wildman–Crippen LogP) is 2.99. The van der Waals surface area contributed by atoms with E-state index >= 15 is 0 Å². The molecule has 0 radical (unpaired) electrons. The largest absolute Gasteiger partial charge is 0.493 e. The molecule has 28 heavy (non-hydrogen) atoms. The van der Waals surface area contributed by atoms with Gasteiger partial charge in [-0.15, -0.1) is 11.3 Å². The quantitative estimate of drug-likeness (QED) is 0.628. The van der Waals surface area contributed by atoms with E-state index < -0.39 is 0 Å². The first-order valence-corrected chi connectivity index (χ1v) is 9.73. The highest BCUT2D eigenvalue weighted by Crippen LogP contribution is 2.28. The van der Waals surface area contributed by atoms with Gasteiger partial charge >= 0.3 is 0 Å². The second-order valence-corrected chi connectivity index (χ2v) is 7.31. The minimum atomic E-state index is -0.256. The van der Waals surface area contributed by atoms with Gasteiger partial charge in [-0.2, -0.15) is 0 Å². The number of Topliss-reactive ketones (excluding diaryl/α,β-unsaturated/α-hetero) is 1. The topological polar surface area (TPSA) is 68.4 Å². The molecular weight excluding hydrogens is 398 g/mol. The van der Waals surface area contributed by atoms with Crippen LogP contribution in [0.25, 0.3) is 12.2 Å². The number of ketones is 1. The SMILES string of the molecule is CCOc1cc(/C=c2/s/c(=C\C(=O)c3ccc(Cl)cc3)[nH]c2=O)ccc1OC. The molecule has 0 saturated heterocycles. The van der Waals surface area contributed by atoms with E-state index in [0.29, 0.717) is 37.9 Å². The molecule has 0 fully saturated rings. The van der Waals surface area contributed by atoms with Crippen LogP contribution in [-0.2, 0) is 0 Å². The number of benzene rings is 2. The maximum atomic E-state index is 12.3. The van der Waals surface area contributed by atoms with Crippen molar-refractivity contribution in [2.75, 3.05) is 13.7 Å². The maximum Gasteiger partial charge on any atom is 0.266 e. The van der Waals surface area contributed by atoms with E-state index in [2.05, 4.69) is 4.98 Å². The molecule has 1 aromatic heterocycles. The number of carbonyl (C=O) groups is 1. The summed E-state index contributed by atoms with van der Waals surface area (Å²) in [6.45, 7) is 2.39. The number of carbonyl (C=O) groups excluding carboxylic acids is 1. The smallest absolute Gasteiger partial charge is 0.266 e. The van der Waals surface area contributed by atoms with Crippen molar-refractivity contribution < 1.29 is 14.3 Å². The number of rotatable bonds is 6. The molecule has 5 nitrogen and oxygen atoms in total. The number of methoxy groups -OCH3 is 1. The Balaban J connectivity index is 1.96. The molecule has 144 valence electrons. The number of thiazole rings is 1. The van der Waals surface area contributed by atoms with Gasteiger partial charge in [-0.1, -0.05) is 17.7 Å². The van der Waals surface area contributed by atoms with E-state index in [0.717, 1.165) is 5.56 Å². The molecule has 7 heteroatoms. The Hall–Kier alpha value is -2.83. The maximum absolute atomic E-state index is 12.3. The second-order valence-electron chi connectivity index (χ2n) is 5.79. The molecule has 1 heterocycles.